The van der Waals surface area contributed by atoms with Crippen molar-refractivity contribution < 1.29 is 4.74 Å². The first-order valence-electron chi connectivity index (χ1n) is 7.20. The highest BCUT2D eigenvalue weighted by Gasteiger charge is 2.45. The number of methoxy groups -OCH3 is 1. The first kappa shape index (κ1) is 15.0. The standard InChI is InChI=1S/C16H27NOS/c1-12-6-11-19-13(12)14(17-4)16(18-5)9-7-15(2,3)8-10-16/h6,11,14,17H,7-10H2,1-5H3. The fourth-order valence-electron chi connectivity index (χ4n) is 3.27. The van der Waals surface area contributed by atoms with E-state index < -0.39 is 0 Å². The second kappa shape index (κ2) is 5.55. The van der Waals surface area contributed by atoms with Gasteiger partial charge in [0.1, 0.15) is 0 Å². The van der Waals surface area contributed by atoms with Crippen LogP contribution in [-0.2, 0) is 4.74 Å². The Labute approximate surface area is 121 Å². The summed E-state index contributed by atoms with van der Waals surface area (Å²) in [4.78, 5) is 1.43. The Bertz CT molecular complexity index is 414. The van der Waals surface area contributed by atoms with E-state index in [2.05, 4.69) is 44.6 Å². The zero-order valence-electron chi connectivity index (χ0n) is 12.9. The lowest BCUT2D eigenvalue weighted by molar-refractivity contribution is -0.0855. The zero-order chi connectivity index (χ0) is 14.1. The second-order valence-corrected chi connectivity index (χ2v) is 7.57. The van der Waals surface area contributed by atoms with Crippen molar-refractivity contribution in [3.8, 4) is 0 Å². The second-order valence-electron chi connectivity index (χ2n) is 6.62. The first-order valence-corrected chi connectivity index (χ1v) is 8.08. The van der Waals surface area contributed by atoms with Gasteiger partial charge in [-0.2, -0.15) is 0 Å². The van der Waals surface area contributed by atoms with Crippen LogP contribution in [0.4, 0.5) is 0 Å². The smallest absolute Gasteiger partial charge is 0.0880 e. The molecule has 2 nitrogen and oxygen atoms in total. The van der Waals surface area contributed by atoms with Crippen LogP contribution in [0.5, 0.6) is 0 Å². The van der Waals surface area contributed by atoms with Crippen LogP contribution in [-0.4, -0.2) is 19.8 Å². The molecule has 1 aliphatic carbocycles. The third-order valence-corrected chi connectivity index (χ3v) is 5.92. The van der Waals surface area contributed by atoms with E-state index in [1.807, 2.05) is 18.4 Å². The van der Waals surface area contributed by atoms with Crippen LogP contribution < -0.4 is 5.32 Å². The zero-order valence-corrected chi connectivity index (χ0v) is 13.7. The van der Waals surface area contributed by atoms with Crippen molar-refractivity contribution in [3.05, 3.63) is 21.9 Å². The largest absolute Gasteiger partial charge is 0.376 e. The van der Waals surface area contributed by atoms with Crippen molar-refractivity contribution in [1.29, 1.82) is 0 Å². The fourth-order valence-corrected chi connectivity index (χ4v) is 4.42. The van der Waals surface area contributed by atoms with Gasteiger partial charge in [-0.3, -0.25) is 0 Å². The van der Waals surface area contributed by atoms with E-state index in [0.29, 0.717) is 11.5 Å². The van der Waals surface area contributed by atoms with Gasteiger partial charge in [0.15, 0.2) is 0 Å². The molecule has 108 valence electrons. The van der Waals surface area contributed by atoms with Gasteiger partial charge >= 0.3 is 0 Å². The molecule has 1 aromatic rings. The summed E-state index contributed by atoms with van der Waals surface area (Å²) in [6, 6.07) is 2.52. The molecule has 1 heterocycles. The molecule has 0 saturated heterocycles. The Morgan fingerprint density at radius 1 is 1.26 bits per heavy atom. The molecule has 0 spiro atoms. The fraction of sp³-hybridized carbons (Fsp3) is 0.750. The summed E-state index contributed by atoms with van der Waals surface area (Å²) >= 11 is 1.85. The lowest BCUT2D eigenvalue weighted by Crippen LogP contribution is -2.48. The Morgan fingerprint density at radius 3 is 2.32 bits per heavy atom. The predicted molar refractivity (Wildman–Crippen MR) is 82.8 cm³/mol. The molecule has 0 aromatic carbocycles. The number of thiophene rings is 1. The van der Waals surface area contributed by atoms with E-state index >= 15 is 0 Å². The molecular weight excluding hydrogens is 254 g/mol. The Balaban J connectivity index is 2.27. The minimum absolute atomic E-state index is 0.0418. The monoisotopic (exact) mass is 281 g/mol. The van der Waals surface area contributed by atoms with Crippen LogP contribution in [0.2, 0.25) is 0 Å². The maximum atomic E-state index is 6.05. The molecule has 1 N–H and O–H groups in total. The topological polar surface area (TPSA) is 21.3 Å². The molecule has 0 aliphatic heterocycles. The number of aryl methyl sites for hydroxylation is 1. The van der Waals surface area contributed by atoms with Gasteiger partial charge < -0.3 is 10.1 Å². The van der Waals surface area contributed by atoms with Gasteiger partial charge in [-0.1, -0.05) is 13.8 Å². The summed E-state index contributed by atoms with van der Waals surface area (Å²) in [5.74, 6) is 0. The highest BCUT2D eigenvalue weighted by atomic mass is 32.1. The van der Waals surface area contributed by atoms with Crippen molar-refractivity contribution in [1.82, 2.24) is 5.32 Å². The average molecular weight is 281 g/mol. The van der Waals surface area contributed by atoms with Gasteiger partial charge in [0.2, 0.25) is 0 Å². The molecule has 19 heavy (non-hydrogen) atoms. The van der Waals surface area contributed by atoms with Crippen molar-refractivity contribution in [2.75, 3.05) is 14.2 Å². The van der Waals surface area contributed by atoms with Gasteiger partial charge in [-0.15, -0.1) is 11.3 Å². The Kier molecular flexibility index (Phi) is 4.38. The summed E-state index contributed by atoms with van der Waals surface area (Å²) in [5.41, 5.74) is 1.80. The predicted octanol–water partition coefficient (Wildman–Crippen LogP) is 4.30. The summed E-state index contributed by atoms with van der Waals surface area (Å²) in [6.45, 7) is 6.95. The molecule has 1 atom stereocenters. The molecule has 0 amide bonds. The minimum atomic E-state index is -0.0418. The SMILES string of the molecule is CNC(c1sccc1C)C1(OC)CCC(C)(C)CC1. The molecule has 1 aliphatic rings. The molecular formula is C16H27NOS. The van der Waals surface area contributed by atoms with E-state index in [4.69, 9.17) is 4.74 Å². The van der Waals surface area contributed by atoms with Crippen LogP contribution in [0, 0.1) is 12.3 Å². The van der Waals surface area contributed by atoms with Gasteiger partial charge in [0, 0.05) is 12.0 Å². The lowest BCUT2D eigenvalue weighted by atomic mass is 9.68. The summed E-state index contributed by atoms with van der Waals surface area (Å²) < 4.78 is 6.05. The van der Waals surface area contributed by atoms with E-state index in [0.717, 1.165) is 12.8 Å². The van der Waals surface area contributed by atoms with Crippen LogP contribution >= 0.6 is 11.3 Å². The minimum Gasteiger partial charge on any atom is -0.376 e. The number of rotatable bonds is 4. The van der Waals surface area contributed by atoms with E-state index in [-0.39, 0.29) is 5.60 Å². The third kappa shape index (κ3) is 2.88. The van der Waals surface area contributed by atoms with Crippen LogP contribution in [0.1, 0.15) is 56.0 Å². The summed E-state index contributed by atoms with van der Waals surface area (Å²) in [7, 11) is 3.94. The molecule has 3 heteroatoms. The van der Waals surface area contributed by atoms with Gasteiger partial charge in [-0.25, -0.2) is 0 Å². The number of hydrogen-bond donors (Lipinski definition) is 1. The van der Waals surface area contributed by atoms with Crippen molar-refractivity contribution in [2.24, 2.45) is 5.41 Å². The highest BCUT2D eigenvalue weighted by molar-refractivity contribution is 7.10. The van der Waals surface area contributed by atoms with Gasteiger partial charge in [0.05, 0.1) is 11.6 Å². The molecule has 0 bridgehead atoms. The quantitative estimate of drug-likeness (QED) is 0.888. The average Bonchev–Trinajstić information content (AvgIpc) is 2.79. The number of likely N-dealkylation sites (N-methyl/N-ethyl adjacent to an activating group) is 1. The third-order valence-electron chi connectivity index (χ3n) is 4.84. The highest BCUT2D eigenvalue weighted by Crippen LogP contribution is 2.48. The maximum Gasteiger partial charge on any atom is 0.0880 e. The van der Waals surface area contributed by atoms with Gasteiger partial charge in [-0.05, 0) is 62.1 Å². The lowest BCUT2D eigenvalue weighted by Gasteiger charge is -2.47. The molecule has 1 aromatic heterocycles. The van der Waals surface area contributed by atoms with E-state index in [1.54, 1.807) is 0 Å². The molecule has 1 saturated carbocycles. The summed E-state index contributed by atoms with van der Waals surface area (Å²) in [6.07, 6.45) is 4.76. The van der Waals surface area contributed by atoms with E-state index in [1.165, 1.54) is 23.3 Å². The summed E-state index contributed by atoms with van der Waals surface area (Å²) in [5, 5.41) is 5.71. The maximum absolute atomic E-state index is 6.05. The molecule has 2 rings (SSSR count). The van der Waals surface area contributed by atoms with E-state index in [9.17, 15) is 0 Å². The van der Waals surface area contributed by atoms with Crippen LogP contribution in [0.25, 0.3) is 0 Å². The normalized spacial score (nSPS) is 23.2. The van der Waals surface area contributed by atoms with Crippen molar-refractivity contribution in [2.45, 2.75) is 58.1 Å². The van der Waals surface area contributed by atoms with Crippen LogP contribution in [0.15, 0.2) is 11.4 Å². The Hall–Kier alpha value is -0.380. The number of hydrogen-bond acceptors (Lipinski definition) is 3. The van der Waals surface area contributed by atoms with Crippen LogP contribution in [0.3, 0.4) is 0 Å². The molecule has 1 fully saturated rings. The van der Waals surface area contributed by atoms with Gasteiger partial charge in [0.25, 0.3) is 0 Å². The first-order chi connectivity index (χ1) is 8.94. The number of nitrogens with one attached hydrogen (secondary N) is 1. The molecule has 0 radical (unpaired) electrons. The van der Waals surface area contributed by atoms with Crippen molar-refractivity contribution >= 4 is 11.3 Å². The molecule has 1 unspecified atom stereocenters. The number of ether oxygens (including phenoxy) is 1. The Morgan fingerprint density at radius 2 is 1.89 bits per heavy atom. The van der Waals surface area contributed by atoms with Crippen molar-refractivity contribution in [3.63, 3.8) is 0 Å².